The predicted molar refractivity (Wildman–Crippen MR) is 213 cm³/mol. The van der Waals surface area contributed by atoms with Crippen LogP contribution in [0, 0.1) is 11.8 Å². The molecule has 0 aromatic rings. The predicted octanol–water partition coefficient (Wildman–Crippen LogP) is -2.99. The molecule has 22 nitrogen and oxygen atoms in total. The fraction of sp³-hybridized carbons (Fsp3) is 0.722. The Morgan fingerprint density at radius 3 is 2.12 bits per heavy atom. The summed E-state index contributed by atoms with van der Waals surface area (Å²) in [5.41, 5.74) is 12.1. The van der Waals surface area contributed by atoms with Crippen LogP contribution in [0.25, 0.3) is 0 Å². The van der Waals surface area contributed by atoms with Crippen molar-refractivity contribution in [2.75, 3.05) is 25.4 Å². The van der Waals surface area contributed by atoms with Crippen molar-refractivity contribution in [3.63, 3.8) is 0 Å². The summed E-state index contributed by atoms with van der Waals surface area (Å²) in [6.45, 7) is 4.19. The average Bonchev–Trinajstić information content (AvgIpc) is 3.73. The zero-order valence-corrected chi connectivity index (χ0v) is 34.6. The molecule has 2 heterocycles. The van der Waals surface area contributed by atoms with Gasteiger partial charge in [0.25, 0.3) is 0 Å². The molecular formula is C36H61N11O11S. The Hall–Kier alpha value is -5.19. The topological polar surface area (TPSA) is 351 Å². The highest BCUT2D eigenvalue weighted by atomic mass is 32.2. The van der Waals surface area contributed by atoms with Gasteiger partial charge in [-0.3, -0.25) is 48.4 Å². The summed E-state index contributed by atoms with van der Waals surface area (Å²) in [7, 11) is 0. The minimum absolute atomic E-state index is 0.0266. The largest absolute Gasteiger partial charge is 0.370 e. The number of rotatable bonds is 28. The number of amides is 11. The quantitative estimate of drug-likeness (QED) is 0.0162. The SMILES string of the molecule is CC(C)CC(CC(=O)NO)C(=O)N[C@@H](CCC(N)=O)C(=O)N[C@@H](C)C(=O)NCC(=O)NCC(=O)N[C@@H](CCCCNC(=O)CCCC[C@@H]1SC[C@@H]2NC(=O)N[C@@H]21)C(N)=O. The molecule has 0 saturated carbocycles. The number of primary amides is 2. The van der Waals surface area contributed by atoms with Crippen LogP contribution < -0.4 is 59.5 Å². The van der Waals surface area contributed by atoms with E-state index in [1.165, 1.54) is 12.4 Å². The Labute approximate surface area is 347 Å². The highest BCUT2D eigenvalue weighted by Crippen LogP contribution is 2.33. The molecule has 2 aliphatic heterocycles. The lowest BCUT2D eigenvalue weighted by Gasteiger charge is -2.24. The Morgan fingerprint density at radius 1 is 0.746 bits per heavy atom. The molecule has 332 valence electrons. The Kier molecular flexibility index (Phi) is 22.0. The van der Waals surface area contributed by atoms with Crippen LogP contribution in [0.5, 0.6) is 0 Å². The Morgan fingerprint density at radius 2 is 1.46 bits per heavy atom. The third-order valence-corrected chi connectivity index (χ3v) is 11.1. The van der Waals surface area contributed by atoms with Crippen molar-refractivity contribution in [2.45, 2.75) is 127 Å². The van der Waals surface area contributed by atoms with Crippen molar-refractivity contribution < 1.29 is 53.2 Å². The maximum Gasteiger partial charge on any atom is 0.315 e. The van der Waals surface area contributed by atoms with Crippen LogP contribution in [0.15, 0.2) is 0 Å². The summed E-state index contributed by atoms with van der Waals surface area (Å²) in [4.78, 5) is 122. The van der Waals surface area contributed by atoms with Crippen molar-refractivity contribution >= 4 is 71.0 Å². The van der Waals surface area contributed by atoms with E-state index in [-0.39, 0.29) is 62.0 Å². The van der Waals surface area contributed by atoms with E-state index >= 15 is 0 Å². The van der Waals surface area contributed by atoms with Gasteiger partial charge < -0.3 is 54.0 Å². The number of urea groups is 1. The van der Waals surface area contributed by atoms with E-state index in [9.17, 15) is 47.9 Å². The third kappa shape index (κ3) is 19.4. The van der Waals surface area contributed by atoms with Gasteiger partial charge in [0.2, 0.25) is 53.2 Å². The number of carbonyl (C=O) groups excluding carboxylic acids is 10. The van der Waals surface area contributed by atoms with E-state index < -0.39 is 84.4 Å². The smallest absolute Gasteiger partial charge is 0.315 e. The highest BCUT2D eigenvalue weighted by molar-refractivity contribution is 8.00. The van der Waals surface area contributed by atoms with E-state index in [0.717, 1.165) is 25.0 Å². The number of hydrogen-bond acceptors (Lipinski definition) is 12. The summed E-state index contributed by atoms with van der Waals surface area (Å²) in [5.74, 6) is -6.29. The summed E-state index contributed by atoms with van der Waals surface area (Å²) in [6.07, 6.45) is 3.43. The average molecular weight is 856 g/mol. The fourth-order valence-corrected chi connectivity index (χ4v) is 8.05. The maximum atomic E-state index is 13.1. The molecule has 2 aliphatic rings. The number of nitrogens with one attached hydrogen (secondary N) is 9. The lowest BCUT2D eigenvalue weighted by molar-refractivity contribution is -0.137. The van der Waals surface area contributed by atoms with Crippen molar-refractivity contribution in [2.24, 2.45) is 23.3 Å². The minimum atomic E-state index is -1.32. The van der Waals surface area contributed by atoms with E-state index in [4.69, 9.17) is 16.7 Å². The van der Waals surface area contributed by atoms with Gasteiger partial charge in [-0.05, 0) is 57.8 Å². The van der Waals surface area contributed by atoms with E-state index in [1.54, 1.807) is 0 Å². The molecule has 0 bridgehead atoms. The van der Waals surface area contributed by atoms with Gasteiger partial charge in [-0.2, -0.15) is 11.8 Å². The molecule has 2 saturated heterocycles. The lowest BCUT2D eigenvalue weighted by atomic mass is 9.92. The number of carbonyl (C=O) groups is 10. The maximum absolute atomic E-state index is 13.1. The Balaban J connectivity index is 1.68. The summed E-state index contributed by atoms with van der Waals surface area (Å²) < 4.78 is 0. The van der Waals surface area contributed by atoms with Gasteiger partial charge in [0.15, 0.2) is 0 Å². The summed E-state index contributed by atoms with van der Waals surface area (Å²) in [5, 5.41) is 29.9. The zero-order valence-electron chi connectivity index (χ0n) is 33.8. The van der Waals surface area contributed by atoms with E-state index in [2.05, 4.69) is 42.5 Å². The second kappa shape index (κ2) is 26.0. The normalized spacial score (nSPS) is 18.7. The van der Waals surface area contributed by atoms with Crippen LogP contribution in [-0.2, 0) is 43.2 Å². The van der Waals surface area contributed by atoms with Gasteiger partial charge in [0.05, 0.1) is 25.2 Å². The molecule has 0 aliphatic carbocycles. The van der Waals surface area contributed by atoms with Gasteiger partial charge in [-0.15, -0.1) is 0 Å². The molecular weight excluding hydrogens is 795 g/mol. The van der Waals surface area contributed by atoms with Crippen LogP contribution in [0.2, 0.25) is 0 Å². The van der Waals surface area contributed by atoms with Crippen molar-refractivity contribution in [1.29, 1.82) is 0 Å². The molecule has 0 aromatic carbocycles. The van der Waals surface area contributed by atoms with Crippen LogP contribution in [-0.4, -0.2) is 125 Å². The number of hydrogen-bond donors (Lipinski definition) is 12. The molecule has 2 rings (SSSR count). The molecule has 14 N–H and O–H groups in total. The van der Waals surface area contributed by atoms with Crippen LogP contribution >= 0.6 is 11.8 Å². The monoisotopic (exact) mass is 855 g/mol. The number of fused-ring (bicyclic) bond motifs is 1. The number of unbranched alkanes of at least 4 members (excludes halogenated alkanes) is 2. The van der Waals surface area contributed by atoms with Crippen LogP contribution in [0.4, 0.5) is 4.79 Å². The first-order valence-electron chi connectivity index (χ1n) is 19.8. The van der Waals surface area contributed by atoms with Gasteiger partial charge in [0, 0.05) is 42.7 Å². The van der Waals surface area contributed by atoms with E-state index in [1.807, 2.05) is 25.6 Å². The first-order valence-corrected chi connectivity index (χ1v) is 20.8. The molecule has 0 radical (unpaired) electrons. The van der Waals surface area contributed by atoms with Crippen molar-refractivity contribution in [1.82, 2.24) is 48.0 Å². The lowest BCUT2D eigenvalue weighted by Crippen LogP contribution is -2.54. The van der Waals surface area contributed by atoms with Crippen LogP contribution in [0.1, 0.15) is 91.4 Å². The van der Waals surface area contributed by atoms with Gasteiger partial charge in [-0.25, -0.2) is 10.3 Å². The molecule has 11 amide bonds. The second-order valence-corrected chi connectivity index (χ2v) is 16.4. The van der Waals surface area contributed by atoms with Gasteiger partial charge in [0.1, 0.15) is 18.1 Å². The molecule has 2 fully saturated rings. The molecule has 0 aromatic heterocycles. The van der Waals surface area contributed by atoms with E-state index in [0.29, 0.717) is 31.1 Å². The molecule has 1 unspecified atom stereocenters. The molecule has 23 heteroatoms. The molecule has 59 heavy (non-hydrogen) atoms. The number of nitrogens with two attached hydrogens (primary N) is 2. The van der Waals surface area contributed by atoms with Crippen molar-refractivity contribution in [3.05, 3.63) is 0 Å². The summed E-state index contributed by atoms with van der Waals surface area (Å²) in [6, 6.07) is -3.39. The number of hydroxylamine groups is 1. The third-order valence-electron chi connectivity index (χ3n) is 9.62. The van der Waals surface area contributed by atoms with Gasteiger partial charge in [-0.1, -0.05) is 20.3 Å². The van der Waals surface area contributed by atoms with Gasteiger partial charge >= 0.3 is 6.03 Å². The second-order valence-electron chi connectivity index (χ2n) is 15.1. The standard InChI is InChI=1S/C36H61N11O11S/c1-19(2)14-21(15-28(50)47-58)34(55)44-23(11-12-26(37)48)35(56)42-20(3)33(54)41-16-29(51)40-17-30(52)43-22(32(38)53)8-6-7-13-39-27(49)10-5-4-9-25-31-24(18-59-25)45-36(57)46-31/h19-25,31,58H,4-18H2,1-3H3,(H2,37,48)(H2,38,53)(H,39,49)(H,40,51)(H,41,54)(H,42,56)(H,43,52)(H,44,55)(H,47,50)(H2,45,46,57)/t20-,21?,22-,23-,24-,25-,31-/m0/s1. The fourth-order valence-electron chi connectivity index (χ4n) is 6.50. The minimum Gasteiger partial charge on any atom is -0.370 e. The summed E-state index contributed by atoms with van der Waals surface area (Å²) >= 11 is 1.83. The molecule has 7 atom stereocenters. The number of thioether (sulfide) groups is 1. The Bertz CT molecular complexity index is 1520. The highest BCUT2D eigenvalue weighted by Gasteiger charge is 2.42. The van der Waals surface area contributed by atoms with Crippen molar-refractivity contribution in [3.8, 4) is 0 Å². The molecule has 0 spiro atoms. The first-order chi connectivity index (χ1) is 27.9. The zero-order chi connectivity index (χ0) is 44.1. The first kappa shape index (κ1) is 50.0. The van der Waals surface area contributed by atoms with Crippen LogP contribution in [0.3, 0.4) is 0 Å².